The van der Waals surface area contributed by atoms with Crippen molar-refractivity contribution >= 4 is 11.7 Å². The van der Waals surface area contributed by atoms with E-state index in [0.717, 1.165) is 17.2 Å². The quantitative estimate of drug-likeness (QED) is 0.619. The van der Waals surface area contributed by atoms with Crippen molar-refractivity contribution in [3.05, 3.63) is 58.0 Å². The van der Waals surface area contributed by atoms with Gasteiger partial charge in [-0.05, 0) is 39.0 Å². The Bertz CT molecular complexity index is 1110. The molecule has 10 heteroatoms. The van der Waals surface area contributed by atoms with Crippen LogP contribution in [0.2, 0.25) is 0 Å². The van der Waals surface area contributed by atoms with Crippen LogP contribution < -0.4 is 10.5 Å². The summed E-state index contributed by atoms with van der Waals surface area (Å²) in [4.78, 5) is 32.5. The maximum Gasteiger partial charge on any atom is 0.253 e. The second-order valence-corrected chi connectivity index (χ2v) is 7.45. The highest BCUT2D eigenvalue weighted by atomic mass is 16.2. The lowest BCUT2D eigenvalue weighted by atomic mass is 10.3. The normalized spacial score (nSPS) is 14.2. The van der Waals surface area contributed by atoms with Gasteiger partial charge in [0, 0.05) is 43.6 Å². The molecule has 0 bridgehead atoms. The van der Waals surface area contributed by atoms with Crippen molar-refractivity contribution in [1.29, 1.82) is 0 Å². The fraction of sp³-hybridized carbons (Fsp3) is 0.400. The molecular formula is C20H24N8O2. The number of nitrogens with zero attached hydrogens (tertiary/aromatic N) is 8. The van der Waals surface area contributed by atoms with Crippen molar-refractivity contribution in [1.82, 2.24) is 34.4 Å². The molecule has 1 fully saturated rings. The number of hydrogen-bond donors (Lipinski definition) is 0. The Balaban J connectivity index is 1.36. The summed E-state index contributed by atoms with van der Waals surface area (Å²) < 4.78 is 3.11. The molecule has 1 amide bonds. The minimum atomic E-state index is -0.215. The van der Waals surface area contributed by atoms with E-state index in [1.54, 1.807) is 16.5 Å². The molecule has 156 valence electrons. The molecule has 0 atom stereocenters. The molecule has 0 saturated carbocycles. The van der Waals surface area contributed by atoms with Gasteiger partial charge in [-0.25, -0.2) is 9.67 Å². The van der Waals surface area contributed by atoms with Crippen LogP contribution in [0.25, 0.3) is 5.82 Å². The summed E-state index contributed by atoms with van der Waals surface area (Å²) in [5.74, 6) is 1.36. The van der Waals surface area contributed by atoms with Crippen molar-refractivity contribution in [2.24, 2.45) is 0 Å². The minimum absolute atomic E-state index is 0.00323. The van der Waals surface area contributed by atoms with Crippen LogP contribution in [-0.2, 0) is 11.3 Å². The molecule has 1 aliphatic heterocycles. The third-order valence-electron chi connectivity index (χ3n) is 5.14. The van der Waals surface area contributed by atoms with Gasteiger partial charge in [0.25, 0.3) is 5.56 Å². The second-order valence-electron chi connectivity index (χ2n) is 7.45. The molecule has 0 radical (unpaired) electrons. The first-order chi connectivity index (χ1) is 14.4. The summed E-state index contributed by atoms with van der Waals surface area (Å²) in [5.41, 5.74) is 2.36. The number of amides is 1. The number of hydrogen-bond acceptors (Lipinski definition) is 7. The standard InChI is InChI=1S/C20H24N8O2/c1-14-11-19(29)27(13-21-14)12-20(30)26-8-6-25(7-9-26)17-4-5-18(23-22-17)28-16(3)10-15(2)24-28/h4-5,10-11,13H,6-9,12H2,1-3H3. The predicted molar refractivity (Wildman–Crippen MR) is 111 cm³/mol. The van der Waals surface area contributed by atoms with Gasteiger partial charge in [-0.1, -0.05) is 0 Å². The van der Waals surface area contributed by atoms with Crippen molar-refractivity contribution in [2.75, 3.05) is 31.1 Å². The number of anilines is 1. The van der Waals surface area contributed by atoms with Crippen LogP contribution in [0.3, 0.4) is 0 Å². The lowest BCUT2D eigenvalue weighted by molar-refractivity contribution is -0.132. The Hall–Kier alpha value is -3.56. The Morgan fingerprint density at radius 3 is 2.27 bits per heavy atom. The van der Waals surface area contributed by atoms with Gasteiger partial charge in [-0.2, -0.15) is 5.10 Å². The monoisotopic (exact) mass is 408 g/mol. The van der Waals surface area contributed by atoms with Crippen LogP contribution in [0.5, 0.6) is 0 Å². The number of aryl methyl sites for hydroxylation is 3. The smallest absolute Gasteiger partial charge is 0.253 e. The summed E-state index contributed by atoms with van der Waals surface area (Å²) in [6.07, 6.45) is 1.42. The Kier molecular flexibility index (Phi) is 5.30. The van der Waals surface area contributed by atoms with Gasteiger partial charge in [0.2, 0.25) is 5.91 Å². The minimum Gasteiger partial charge on any atom is -0.352 e. The maximum absolute atomic E-state index is 12.6. The van der Waals surface area contributed by atoms with Crippen molar-refractivity contribution < 1.29 is 4.79 Å². The first-order valence-corrected chi connectivity index (χ1v) is 9.84. The first-order valence-electron chi connectivity index (χ1n) is 9.84. The third kappa shape index (κ3) is 4.07. The molecule has 0 spiro atoms. The van der Waals surface area contributed by atoms with Crippen LogP contribution in [0, 0.1) is 20.8 Å². The molecule has 0 unspecified atom stereocenters. The number of piperazine rings is 1. The van der Waals surface area contributed by atoms with Crippen LogP contribution in [-0.4, -0.2) is 66.5 Å². The fourth-order valence-electron chi connectivity index (χ4n) is 3.53. The van der Waals surface area contributed by atoms with Crippen LogP contribution in [0.4, 0.5) is 5.82 Å². The van der Waals surface area contributed by atoms with E-state index in [2.05, 4.69) is 25.2 Å². The SMILES string of the molecule is Cc1cc(=O)n(CC(=O)N2CCN(c3ccc(-n4nc(C)cc4C)nn3)CC2)cn1. The molecule has 0 N–H and O–H groups in total. The topological polar surface area (TPSA) is 102 Å². The van der Waals surface area contributed by atoms with E-state index in [4.69, 9.17) is 0 Å². The summed E-state index contributed by atoms with van der Waals surface area (Å²) in [7, 11) is 0. The van der Waals surface area contributed by atoms with E-state index in [1.807, 2.05) is 32.0 Å². The van der Waals surface area contributed by atoms with Crippen LogP contribution in [0.15, 0.2) is 35.4 Å². The zero-order valence-electron chi connectivity index (χ0n) is 17.3. The summed E-state index contributed by atoms with van der Waals surface area (Å²) in [6.45, 7) is 8.11. The fourth-order valence-corrected chi connectivity index (χ4v) is 3.53. The Labute approximate surface area is 173 Å². The molecule has 3 aromatic heterocycles. The highest BCUT2D eigenvalue weighted by molar-refractivity contribution is 5.76. The number of rotatable bonds is 4. The van der Waals surface area contributed by atoms with Crippen LogP contribution >= 0.6 is 0 Å². The molecule has 30 heavy (non-hydrogen) atoms. The zero-order chi connectivity index (χ0) is 21.3. The van der Waals surface area contributed by atoms with Gasteiger partial charge in [0.1, 0.15) is 6.54 Å². The van der Waals surface area contributed by atoms with Crippen LogP contribution in [0.1, 0.15) is 17.1 Å². The lowest BCUT2D eigenvalue weighted by Crippen LogP contribution is -2.50. The first kappa shape index (κ1) is 19.7. The van der Waals surface area contributed by atoms with Gasteiger partial charge >= 0.3 is 0 Å². The van der Waals surface area contributed by atoms with Gasteiger partial charge in [-0.3, -0.25) is 14.2 Å². The second kappa shape index (κ2) is 8.05. The molecular weight excluding hydrogens is 384 g/mol. The van der Waals surface area contributed by atoms with Crippen molar-refractivity contribution in [3.63, 3.8) is 0 Å². The van der Waals surface area contributed by atoms with Gasteiger partial charge in [-0.15, -0.1) is 10.2 Å². The number of carbonyl (C=O) groups is 1. The maximum atomic E-state index is 12.6. The summed E-state index contributed by atoms with van der Waals surface area (Å²) in [5, 5.41) is 13.1. The molecule has 0 aliphatic carbocycles. The number of carbonyl (C=O) groups excluding carboxylic acids is 1. The van der Waals surface area contributed by atoms with E-state index in [1.165, 1.54) is 17.0 Å². The van der Waals surface area contributed by atoms with E-state index in [0.29, 0.717) is 37.7 Å². The van der Waals surface area contributed by atoms with E-state index < -0.39 is 0 Å². The Morgan fingerprint density at radius 1 is 0.967 bits per heavy atom. The van der Waals surface area contributed by atoms with E-state index >= 15 is 0 Å². The van der Waals surface area contributed by atoms with Gasteiger partial charge < -0.3 is 9.80 Å². The molecule has 1 saturated heterocycles. The van der Waals surface area contributed by atoms with E-state index in [-0.39, 0.29) is 18.0 Å². The molecule has 1 aliphatic rings. The third-order valence-corrected chi connectivity index (χ3v) is 5.14. The van der Waals surface area contributed by atoms with Gasteiger partial charge in [0.15, 0.2) is 11.6 Å². The largest absolute Gasteiger partial charge is 0.352 e. The highest BCUT2D eigenvalue weighted by Gasteiger charge is 2.22. The summed E-state index contributed by atoms with van der Waals surface area (Å²) >= 11 is 0. The van der Waals surface area contributed by atoms with E-state index in [9.17, 15) is 9.59 Å². The molecule has 0 aromatic carbocycles. The highest BCUT2D eigenvalue weighted by Crippen LogP contribution is 2.15. The van der Waals surface area contributed by atoms with Crippen molar-refractivity contribution in [3.8, 4) is 5.82 Å². The zero-order valence-corrected chi connectivity index (χ0v) is 17.3. The predicted octanol–water partition coefficient (Wildman–Crippen LogP) is 0.493. The summed E-state index contributed by atoms with van der Waals surface area (Å²) in [6, 6.07) is 7.25. The average Bonchev–Trinajstić information content (AvgIpc) is 3.08. The Morgan fingerprint density at radius 2 is 1.67 bits per heavy atom. The molecule has 10 nitrogen and oxygen atoms in total. The number of aromatic nitrogens is 6. The molecule has 3 aromatic rings. The lowest BCUT2D eigenvalue weighted by Gasteiger charge is -2.35. The molecule has 4 rings (SSSR count). The average molecular weight is 408 g/mol. The molecule has 4 heterocycles. The van der Waals surface area contributed by atoms with Crippen molar-refractivity contribution in [2.45, 2.75) is 27.3 Å². The van der Waals surface area contributed by atoms with Gasteiger partial charge in [0.05, 0.1) is 12.0 Å².